The molecule has 1 amide bonds. The summed E-state index contributed by atoms with van der Waals surface area (Å²) < 4.78 is 12.6. The molecule has 7 heteroatoms. The minimum atomic E-state index is -0.314. The van der Waals surface area contributed by atoms with Crippen molar-refractivity contribution in [3.05, 3.63) is 36.0 Å². The highest BCUT2D eigenvalue weighted by atomic mass is 16.5. The van der Waals surface area contributed by atoms with E-state index in [1.807, 2.05) is 0 Å². The van der Waals surface area contributed by atoms with E-state index < -0.39 is 0 Å². The van der Waals surface area contributed by atoms with Crippen molar-refractivity contribution < 1.29 is 13.9 Å². The third-order valence-electron chi connectivity index (χ3n) is 3.39. The van der Waals surface area contributed by atoms with E-state index in [4.69, 9.17) is 14.9 Å². The first-order valence-electron chi connectivity index (χ1n) is 6.99. The van der Waals surface area contributed by atoms with Gasteiger partial charge in [-0.3, -0.25) is 9.48 Å². The number of furan rings is 1. The summed E-state index contributed by atoms with van der Waals surface area (Å²) in [6, 6.07) is 3.30. The van der Waals surface area contributed by atoms with Crippen LogP contribution in [0, 0.1) is 0 Å². The molecule has 0 saturated carbocycles. The zero-order valence-corrected chi connectivity index (χ0v) is 11.6. The maximum absolute atomic E-state index is 12.0. The van der Waals surface area contributed by atoms with Crippen molar-refractivity contribution in [3.63, 3.8) is 0 Å². The molecule has 1 fully saturated rings. The van der Waals surface area contributed by atoms with Crippen LogP contribution in [0.15, 0.2) is 28.9 Å². The second kappa shape index (κ2) is 6.11. The Kier molecular flexibility index (Phi) is 4.03. The van der Waals surface area contributed by atoms with Gasteiger partial charge in [0.05, 0.1) is 31.1 Å². The second-order valence-corrected chi connectivity index (χ2v) is 5.01. The number of carbonyl (C=O) groups excluding carboxylic acids is 1. The van der Waals surface area contributed by atoms with Gasteiger partial charge in [0, 0.05) is 12.8 Å². The molecule has 3 heterocycles. The van der Waals surface area contributed by atoms with Gasteiger partial charge in [0.1, 0.15) is 5.76 Å². The fraction of sp³-hybridized carbons (Fsp3) is 0.429. The van der Waals surface area contributed by atoms with Crippen molar-refractivity contribution in [2.24, 2.45) is 5.73 Å². The molecule has 21 heavy (non-hydrogen) atoms. The number of hydrogen-bond donors (Lipinski definition) is 2. The summed E-state index contributed by atoms with van der Waals surface area (Å²) in [6.07, 6.45) is 5.75. The lowest BCUT2D eigenvalue weighted by Gasteiger charge is -2.08. The zero-order valence-electron chi connectivity index (χ0n) is 11.6. The number of nitrogens with zero attached hydrogens (tertiary/aromatic N) is 2. The molecule has 2 aromatic heterocycles. The number of ether oxygens (including phenoxy) is 1. The molecule has 1 atom stereocenters. The molecule has 0 radical (unpaired) electrons. The number of anilines is 1. The fourth-order valence-corrected chi connectivity index (χ4v) is 2.33. The van der Waals surface area contributed by atoms with E-state index in [-0.39, 0.29) is 24.3 Å². The molecule has 1 aliphatic rings. The molecule has 1 saturated heterocycles. The number of rotatable bonds is 5. The maximum atomic E-state index is 12.0. The number of hydrogen-bond acceptors (Lipinski definition) is 5. The van der Waals surface area contributed by atoms with Crippen LogP contribution in [0.3, 0.4) is 0 Å². The summed E-state index contributed by atoms with van der Waals surface area (Å²) in [5.41, 5.74) is 6.07. The Bertz CT molecular complexity index is 613. The Morgan fingerprint density at radius 2 is 2.43 bits per heavy atom. The van der Waals surface area contributed by atoms with Gasteiger partial charge in [0.2, 0.25) is 0 Å². The number of nitrogens with two attached hydrogens (primary N) is 1. The topological polar surface area (TPSA) is 95.3 Å². The Morgan fingerprint density at radius 3 is 3.14 bits per heavy atom. The van der Waals surface area contributed by atoms with E-state index in [1.165, 1.54) is 0 Å². The van der Waals surface area contributed by atoms with Gasteiger partial charge in [0.15, 0.2) is 5.76 Å². The van der Waals surface area contributed by atoms with Gasteiger partial charge in [0.25, 0.3) is 5.91 Å². The molecule has 0 aromatic carbocycles. The first-order chi connectivity index (χ1) is 10.2. The first kappa shape index (κ1) is 13.8. The van der Waals surface area contributed by atoms with E-state index in [1.54, 1.807) is 29.2 Å². The van der Waals surface area contributed by atoms with Crippen LogP contribution in [-0.4, -0.2) is 28.4 Å². The number of carbonyl (C=O) groups is 1. The molecule has 0 aliphatic carbocycles. The van der Waals surface area contributed by atoms with Crippen LogP contribution in [0.5, 0.6) is 0 Å². The van der Waals surface area contributed by atoms with Gasteiger partial charge >= 0.3 is 0 Å². The van der Waals surface area contributed by atoms with Gasteiger partial charge in [-0.1, -0.05) is 0 Å². The molecule has 1 aliphatic heterocycles. The SMILES string of the molecule is NCc1ccc(C(=O)Nc2cnn(CC3CCCO3)c2)o1. The van der Waals surface area contributed by atoms with Crippen molar-refractivity contribution in [1.29, 1.82) is 0 Å². The number of nitrogens with one attached hydrogen (secondary N) is 1. The van der Waals surface area contributed by atoms with Crippen LogP contribution in [0.4, 0.5) is 5.69 Å². The van der Waals surface area contributed by atoms with Gasteiger partial charge in [-0.2, -0.15) is 5.10 Å². The molecule has 0 spiro atoms. The summed E-state index contributed by atoms with van der Waals surface area (Å²) in [6.45, 7) is 1.79. The lowest BCUT2D eigenvalue weighted by molar-refractivity contribution is 0.0940. The average Bonchev–Trinajstić information content (AvgIpc) is 3.20. The Hall–Kier alpha value is -2.12. The summed E-state index contributed by atoms with van der Waals surface area (Å²) in [4.78, 5) is 12.0. The quantitative estimate of drug-likeness (QED) is 0.867. The molecule has 2 aromatic rings. The molecule has 1 unspecified atom stereocenters. The standard InChI is InChI=1S/C14H18N4O3/c15-6-11-3-4-13(21-11)14(19)17-10-7-16-18(8-10)9-12-2-1-5-20-12/h3-4,7-8,12H,1-2,5-6,9,15H2,(H,17,19). The van der Waals surface area contributed by atoms with Gasteiger partial charge < -0.3 is 20.2 Å². The maximum Gasteiger partial charge on any atom is 0.291 e. The number of amides is 1. The summed E-state index contributed by atoms with van der Waals surface area (Å²) >= 11 is 0. The predicted molar refractivity (Wildman–Crippen MR) is 75.8 cm³/mol. The largest absolute Gasteiger partial charge is 0.455 e. The van der Waals surface area contributed by atoms with Crippen molar-refractivity contribution in [3.8, 4) is 0 Å². The van der Waals surface area contributed by atoms with E-state index >= 15 is 0 Å². The summed E-state index contributed by atoms with van der Waals surface area (Å²) in [7, 11) is 0. The highest BCUT2D eigenvalue weighted by molar-refractivity contribution is 6.02. The van der Waals surface area contributed by atoms with E-state index in [2.05, 4.69) is 10.4 Å². The monoisotopic (exact) mass is 290 g/mol. The Labute approximate surface area is 122 Å². The van der Waals surface area contributed by atoms with Crippen LogP contribution in [0.25, 0.3) is 0 Å². The van der Waals surface area contributed by atoms with Gasteiger partial charge in [-0.25, -0.2) is 0 Å². The van der Waals surface area contributed by atoms with Gasteiger partial charge in [-0.15, -0.1) is 0 Å². The van der Waals surface area contributed by atoms with Crippen LogP contribution >= 0.6 is 0 Å². The molecule has 7 nitrogen and oxygen atoms in total. The predicted octanol–water partition coefficient (Wildman–Crippen LogP) is 1.37. The van der Waals surface area contributed by atoms with E-state index in [9.17, 15) is 4.79 Å². The molecule has 3 N–H and O–H groups in total. The lowest BCUT2D eigenvalue weighted by atomic mass is 10.2. The number of aromatic nitrogens is 2. The molecule has 3 rings (SSSR count). The van der Waals surface area contributed by atoms with E-state index in [0.29, 0.717) is 18.0 Å². The highest BCUT2D eigenvalue weighted by Crippen LogP contribution is 2.15. The minimum Gasteiger partial charge on any atom is -0.455 e. The third-order valence-corrected chi connectivity index (χ3v) is 3.39. The van der Waals surface area contributed by atoms with Crippen molar-refractivity contribution in [1.82, 2.24) is 9.78 Å². The Balaban J connectivity index is 1.59. The summed E-state index contributed by atoms with van der Waals surface area (Å²) in [5.74, 6) is 0.503. The third kappa shape index (κ3) is 3.32. The minimum absolute atomic E-state index is 0.214. The lowest BCUT2D eigenvalue weighted by Crippen LogP contribution is -2.15. The highest BCUT2D eigenvalue weighted by Gasteiger charge is 2.17. The normalized spacial score (nSPS) is 18.0. The Morgan fingerprint density at radius 1 is 1.52 bits per heavy atom. The van der Waals surface area contributed by atoms with Crippen LogP contribution in [-0.2, 0) is 17.8 Å². The molecule has 112 valence electrons. The van der Waals surface area contributed by atoms with Gasteiger partial charge in [-0.05, 0) is 25.0 Å². The second-order valence-electron chi connectivity index (χ2n) is 5.01. The average molecular weight is 290 g/mol. The smallest absolute Gasteiger partial charge is 0.291 e. The fourth-order valence-electron chi connectivity index (χ4n) is 2.33. The molecular formula is C14H18N4O3. The summed E-state index contributed by atoms with van der Waals surface area (Å²) in [5, 5.41) is 6.96. The molecular weight excluding hydrogens is 272 g/mol. The van der Waals surface area contributed by atoms with Crippen LogP contribution in [0.2, 0.25) is 0 Å². The van der Waals surface area contributed by atoms with Crippen LogP contribution in [0.1, 0.15) is 29.2 Å². The van der Waals surface area contributed by atoms with Crippen molar-refractivity contribution in [2.75, 3.05) is 11.9 Å². The van der Waals surface area contributed by atoms with E-state index in [0.717, 1.165) is 19.4 Å². The van der Waals surface area contributed by atoms with Crippen molar-refractivity contribution >= 4 is 11.6 Å². The molecule has 0 bridgehead atoms. The zero-order chi connectivity index (χ0) is 14.7. The van der Waals surface area contributed by atoms with Crippen molar-refractivity contribution in [2.45, 2.75) is 32.0 Å². The van der Waals surface area contributed by atoms with Crippen LogP contribution < -0.4 is 11.1 Å². The first-order valence-corrected chi connectivity index (χ1v) is 6.99.